The third-order valence-electron chi connectivity index (χ3n) is 4.40. The van der Waals surface area contributed by atoms with Gasteiger partial charge in [-0.25, -0.2) is 9.78 Å². The Morgan fingerprint density at radius 3 is 2.73 bits per heavy atom. The van der Waals surface area contributed by atoms with Gasteiger partial charge in [-0.05, 0) is 39.0 Å². The smallest absolute Gasteiger partial charge is 0.317 e. The number of hydrogen-bond acceptors (Lipinski definition) is 4. The Bertz CT molecular complexity index is 494. The van der Waals surface area contributed by atoms with Gasteiger partial charge in [0.2, 0.25) is 0 Å². The van der Waals surface area contributed by atoms with E-state index < -0.39 is 0 Å². The number of thiazole rings is 1. The van der Waals surface area contributed by atoms with Gasteiger partial charge in [-0.15, -0.1) is 11.3 Å². The zero-order valence-corrected chi connectivity index (χ0v) is 14.6. The van der Waals surface area contributed by atoms with Gasteiger partial charge < -0.3 is 15.3 Å². The maximum atomic E-state index is 12.1. The number of urea groups is 1. The fraction of sp³-hybridized carbons (Fsp3) is 0.750. The fourth-order valence-corrected chi connectivity index (χ4v) is 3.92. The second-order valence-corrected chi connectivity index (χ2v) is 7.30. The van der Waals surface area contributed by atoms with Crippen molar-refractivity contribution in [3.8, 4) is 0 Å². The molecule has 6 heteroatoms. The predicted octanol–water partition coefficient (Wildman–Crippen LogP) is 2.36. The standard InChI is InChI=1S/C16H27N3O2S/c1-4-14-12(3)22-15(18-14)5-8-17-16(21)19-9-6-13(7-10-19)11(2)20/h11,13,20H,4-10H2,1-3H3,(H,17,21). The molecular formula is C16H27N3O2S. The molecule has 2 N–H and O–H groups in total. The number of nitrogens with zero attached hydrogens (tertiary/aromatic N) is 2. The minimum Gasteiger partial charge on any atom is -0.393 e. The summed E-state index contributed by atoms with van der Waals surface area (Å²) in [5.74, 6) is 0.329. The topological polar surface area (TPSA) is 65.5 Å². The number of amides is 2. The van der Waals surface area contributed by atoms with Crippen molar-refractivity contribution in [3.63, 3.8) is 0 Å². The Balaban J connectivity index is 1.72. The Labute approximate surface area is 136 Å². The monoisotopic (exact) mass is 325 g/mol. The van der Waals surface area contributed by atoms with Gasteiger partial charge in [0.1, 0.15) is 0 Å². The largest absolute Gasteiger partial charge is 0.393 e. The van der Waals surface area contributed by atoms with Crippen molar-refractivity contribution in [3.05, 3.63) is 15.6 Å². The highest BCUT2D eigenvalue weighted by molar-refractivity contribution is 7.11. The van der Waals surface area contributed by atoms with E-state index in [4.69, 9.17) is 0 Å². The molecule has 1 saturated heterocycles. The third-order valence-corrected chi connectivity index (χ3v) is 5.47. The number of aliphatic hydroxyl groups is 1. The van der Waals surface area contributed by atoms with Crippen LogP contribution < -0.4 is 5.32 Å². The number of aryl methyl sites for hydroxylation is 2. The van der Waals surface area contributed by atoms with Crippen LogP contribution in [0.2, 0.25) is 0 Å². The van der Waals surface area contributed by atoms with Crippen LogP contribution in [0.1, 0.15) is 42.3 Å². The third kappa shape index (κ3) is 4.43. The number of carbonyl (C=O) groups is 1. The maximum absolute atomic E-state index is 12.1. The molecule has 1 aromatic rings. The van der Waals surface area contributed by atoms with Crippen molar-refractivity contribution in [2.75, 3.05) is 19.6 Å². The molecule has 1 aliphatic heterocycles. The number of likely N-dealkylation sites (tertiary alicyclic amines) is 1. The Hall–Kier alpha value is -1.14. The highest BCUT2D eigenvalue weighted by Gasteiger charge is 2.25. The van der Waals surface area contributed by atoms with Crippen LogP contribution in [0.25, 0.3) is 0 Å². The summed E-state index contributed by atoms with van der Waals surface area (Å²) in [7, 11) is 0. The van der Waals surface area contributed by atoms with E-state index in [9.17, 15) is 9.90 Å². The van der Waals surface area contributed by atoms with Crippen LogP contribution >= 0.6 is 11.3 Å². The van der Waals surface area contributed by atoms with Crippen molar-refractivity contribution >= 4 is 17.4 Å². The van der Waals surface area contributed by atoms with Crippen LogP contribution in [-0.2, 0) is 12.8 Å². The van der Waals surface area contributed by atoms with Crippen LogP contribution in [-0.4, -0.2) is 46.8 Å². The van der Waals surface area contributed by atoms with Gasteiger partial charge in [0.15, 0.2) is 0 Å². The predicted molar refractivity (Wildman–Crippen MR) is 89.3 cm³/mol. The maximum Gasteiger partial charge on any atom is 0.317 e. The van der Waals surface area contributed by atoms with Gasteiger partial charge in [-0.2, -0.15) is 0 Å². The summed E-state index contributed by atoms with van der Waals surface area (Å²) in [4.78, 5) is 19.9. The highest BCUT2D eigenvalue weighted by atomic mass is 32.1. The molecule has 1 fully saturated rings. The second kappa shape index (κ2) is 7.92. The Kier molecular flexibility index (Phi) is 6.20. The average molecular weight is 325 g/mol. The average Bonchev–Trinajstić information content (AvgIpc) is 2.87. The van der Waals surface area contributed by atoms with Gasteiger partial charge in [0.05, 0.1) is 16.8 Å². The molecule has 1 aliphatic rings. The van der Waals surface area contributed by atoms with Gasteiger partial charge in [0, 0.05) is 30.9 Å². The molecule has 0 aliphatic carbocycles. The van der Waals surface area contributed by atoms with Crippen LogP contribution in [0, 0.1) is 12.8 Å². The zero-order chi connectivity index (χ0) is 16.1. The van der Waals surface area contributed by atoms with Crippen LogP contribution in [0.5, 0.6) is 0 Å². The van der Waals surface area contributed by atoms with E-state index in [-0.39, 0.29) is 12.1 Å². The van der Waals surface area contributed by atoms with E-state index in [1.54, 1.807) is 11.3 Å². The van der Waals surface area contributed by atoms with Gasteiger partial charge >= 0.3 is 6.03 Å². The molecule has 0 bridgehead atoms. The summed E-state index contributed by atoms with van der Waals surface area (Å²) < 4.78 is 0. The molecule has 1 aromatic heterocycles. The lowest BCUT2D eigenvalue weighted by atomic mass is 9.92. The first-order valence-electron chi connectivity index (χ1n) is 8.17. The number of nitrogens with one attached hydrogen (secondary N) is 1. The quantitative estimate of drug-likeness (QED) is 0.873. The van der Waals surface area contributed by atoms with E-state index in [0.717, 1.165) is 43.8 Å². The Morgan fingerprint density at radius 2 is 2.18 bits per heavy atom. The lowest BCUT2D eigenvalue weighted by Gasteiger charge is -2.33. The van der Waals surface area contributed by atoms with E-state index in [2.05, 4.69) is 24.1 Å². The first-order valence-corrected chi connectivity index (χ1v) is 8.99. The molecule has 0 radical (unpaired) electrons. The zero-order valence-electron chi connectivity index (χ0n) is 13.8. The molecule has 0 saturated carbocycles. The molecule has 22 heavy (non-hydrogen) atoms. The molecule has 1 unspecified atom stereocenters. The van der Waals surface area contributed by atoms with Crippen LogP contribution in [0.15, 0.2) is 0 Å². The second-order valence-electron chi connectivity index (χ2n) is 6.01. The van der Waals surface area contributed by atoms with E-state index >= 15 is 0 Å². The molecule has 124 valence electrons. The summed E-state index contributed by atoms with van der Waals surface area (Å²) in [6.07, 6.45) is 3.26. The summed E-state index contributed by atoms with van der Waals surface area (Å²) in [5, 5.41) is 13.7. The molecule has 1 atom stereocenters. The molecule has 0 spiro atoms. The van der Waals surface area contributed by atoms with E-state index in [1.807, 2.05) is 11.8 Å². The molecule has 2 amide bonds. The molecular weight excluding hydrogens is 298 g/mol. The van der Waals surface area contributed by atoms with Gasteiger partial charge in [-0.3, -0.25) is 0 Å². The lowest BCUT2D eigenvalue weighted by molar-refractivity contribution is 0.0799. The first kappa shape index (κ1) is 17.2. The SMILES string of the molecule is CCc1nc(CCNC(=O)N2CCC(C(C)O)CC2)sc1C. The summed E-state index contributed by atoms with van der Waals surface area (Å²) in [6, 6.07) is 0.00744. The van der Waals surface area contributed by atoms with E-state index in [0.29, 0.717) is 12.5 Å². The normalized spacial score (nSPS) is 17.5. The van der Waals surface area contributed by atoms with E-state index in [1.165, 1.54) is 10.6 Å². The number of rotatable bonds is 5. The van der Waals surface area contributed by atoms with Crippen molar-refractivity contribution in [2.45, 2.75) is 52.6 Å². The number of aliphatic hydroxyl groups excluding tert-OH is 1. The Morgan fingerprint density at radius 1 is 1.50 bits per heavy atom. The number of carbonyl (C=O) groups excluding carboxylic acids is 1. The summed E-state index contributed by atoms with van der Waals surface area (Å²) >= 11 is 1.73. The lowest BCUT2D eigenvalue weighted by Crippen LogP contribution is -2.46. The number of hydrogen-bond donors (Lipinski definition) is 2. The van der Waals surface area contributed by atoms with Gasteiger partial charge in [-0.1, -0.05) is 6.92 Å². The molecule has 0 aromatic carbocycles. The van der Waals surface area contributed by atoms with Crippen molar-refractivity contribution in [1.82, 2.24) is 15.2 Å². The number of piperidine rings is 1. The molecule has 2 heterocycles. The van der Waals surface area contributed by atoms with Crippen molar-refractivity contribution in [1.29, 1.82) is 0 Å². The molecule has 2 rings (SSSR count). The summed E-state index contributed by atoms with van der Waals surface area (Å²) in [6.45, 7) is 8.15. The highest BCUT2D eigenvalue weighted by Crippen LogP contribution is 2.20. The molecule has 5 nitrogen and oxygen atoms in total. The number of aromatic nitrogens is 1. The minimum atomic E-state index is -0.272. The fourth-order valence-electron chi connectivity index (χ4n) is 2.90. The van der Waals surface area contributed by atoms with Crippen molar-refractivity contribution < 1.29 is 9.90 Å². The van der Waals surface area contributed by atoms with Crippen LogP contribution in [0.3, 0.4) is 0 Å². The van der Waals surface area contributed by atoms with Crippen molar-refractivity contribution in [2.24, 2.45) is 5.92 Å². The minimum absolute atomic E-state index is 0.00744. The summed E-state index contributed by atoms with van der Waals surface area (Å²) in [5.41, 5.74) is 1.17. The first-order chi connectivity index (χ1) is 10.5. The van der Waals surface area contributed by atoms with Gasteiger partial charge in [0.25, 0.3) is 0 Å². The van der Waals surface area contributed by atoms with Crippen LogP contribution in [0.4, 0.5) is 4.79 Å².